The van der Waals surface area contributed by atoms with Gasteiger partial charge in [-0.15, -0.1) is 0 Å². The zero-order chi connectivity index (χ0) is 15.6. The van der Waals surface area contributed by atoms with E-state index in [9.17, 15) is 0 Å². The Morgan fingerprint density at radius 1 is 1.10 bits per heavy atom. The van der Waals surface area contributed by atoms with Crippen LogP contribution in [-0.2, 0) is 0 Å². The summed E-state index contributed by atoms with van der Waals surface area (Å²) in [6.45, 7) is 4.40. The maximum Gasteiger partial charge on any atom is 0.302 e. The Bertz CT molecular complexity index is 269. The van der Waals surface area contributed by atoms with Gasteiger partial charge in [0.25, 0.3) is 0 Å². The van der Waals surface area contributed by atoms with Crippen molar-refractivity contribution < 1.29 is 15.2 Å². The van der Waals surface area contributed by atoms with Gasteiger partial charge in [0.05, 0.1) is 0 Å². The van der Waals surface area contributed by atoms with Crippen LogP contribution in [0.25, 0.3) is 0 Å². The summed E-state index contributed by atoms with van der Waals surface area (Å²) in [6.07, 6.45) is 9.69. The number of hydrogen-bond donors (Lipinski definition) is 3. The molecule has 1 fully saturated rings. The predicted molar refractivity (Wildman–Crippen MR) is 88.2 cm³/mol. The van der Waals surface area contributed by atoms with Crippen LogP contribution < -0.4 is 0 Å². The SMILES string of the molecule is CCC1(CC[B]C(O)O)CCCCCN(C[B]O)CCC1. The highest BCUT2D eigenvalue weighted by atomic mass is 16.5. The average Bonchev–Trinajstić information content (AvgIpc) is 2.46. The summed E-state index contributed by atoms with van der Waals surface area (Å²) in [5, 5.41) is 27.0. The fourth-order valence-electron chi connectivity index (χ4n) is 3.54. The van der Waals surface area contributed by atoms with Gasteiger partial charge in [-0.2, -0.15) is 0 Å². The monoisotopic (exact) mass is 295 g/mol. The zero-order valence-electron chi connectivity index (χ0n) is 13.5. The second-order valence-electron chi connectivity index (χ2n) is 6.44. The molecule has 1 unspecified atom stereocenters. The maximum atomic E-state index is 9.01. The average molecular weight is 295 g/mol. The Labute approximate surface area is 131 Å². The molecular weight excluding hydrogens is 264 g/mol. The lowest BCUT2D eigenvalue weighted by Crippen LogP contribution is -2.32. The number of rotatable bonds is 7. The van der Waals surface area contributed by atoms with Crippen molar-refractivity contribution in [3.63, 3.8) is 0 Å². The number of aliphatic hydroxyl groups is 2. The molecule has 0 bridgehead atoms. The Morgan fingerprint density at radius 2 is 1.81 bits per heavy atom. The van der Waals surface area contributed by atoms with Crippen LogP contribution in [0.4, 0.5) is 0 Å². The molecule has 0 amide bonds. The minimum absolute atomic E-state index is 0.345. The topological polar surface area (TPSA) is 63.9 Å². The first-order valence-electron chi connectivity index (χ1n) is 8.49. The highest BCUT2D eigenvalue weighted by Gasteiger charge is 2.28. The summed E-state index contributed by atoms with van der Waals surface area (Å²) in [7, 11) is 2.86. The molecule has 0 aliphatic carbocycles. The van der Waals surface area contributed by atoms with Gasteiger partial charge < -0.3 is 20.1 Å². The van der Waals surface area contributed by atoms with Gasteiger partial charge in [-0.25, -0.2) is 0 Å². The van der Waals surface area contributed by atoms with Crippen molar-refractivity contribution in [2.45, 2.75) is 70.8 Å². The standard InChI is InChI=1S/C15H31B2NO3/c1-2-15(9-10-16-14(19)20)7-4-3-5-11-18(13-17-21)12-6-8-15/h14,19-21H,2-13H2,1H3. The van der Waals surface area contributed by atoms with Gasteiger partial charge in [-0.3, -0.25) is 0 Å². The molecule has 6 heteroatoms. The van der Waals surface area contributed by atoms with Gasteiger partial charge in [0.15, 0.2) is 7.28 Å². The molecule has 1 rings (SSSR count). The Kier molecular flexibility index (Phi) is 9.65. The van der Waals surface area contributed by atoms with Crippen molar-refractivity contribution >= 4 is 14.8 Å². The summed E-state index contributed by atoms with van der Waals surface area (Å²) in [5.41, 5.74) is 0.345. The lowest BCUT2D eigenvalue weighted by atomic mass is 9.64. The second kappa shape index (κ2) is 10.7. The van der Waals surface area contributed by atoms with Crippen molar-refractivity contribution in [1.82, 2.24) is 4.90 Å². The quantitative estimate of drug-likeness (QED) is 0.490. The van der Waals surface area contributed by atoms with Gasteiger partial charge >= 0.3 is 7.48 Å². The Morgan fingerprint density at radius 3 is 2.48 bits per heavy atom. The largest absolute Gasteiger partial charge is 0.453 e. The molecule has 0 aromatic rings. The van der Waals surface area contributed by atoms with Gasteiger partial charge in [-0.1, -0.05) is 38.9 Å². The molecule has 0 aromatic heterocycles. The molecule has 1 aliphatic rings. The summed E-state index contributed by atoms with van der Waals surface area (Å²) < 4.78 is 0. The maximum absolute atomic E-state index is 9.01. The highest BCUT2D eigenvalue weighted by Crippen LogP contribution is 2.39. The van der Waals surface area contributed by atoms with Gasteiger partial charge in [0, 0.05) is 0 Å². The lowest BCUT2D eigenvalue weighted by Gasteiger charge is -2.35. The van der Waals surface area contributed by atoms with E-state index in [0.717, 1.165) is 38.7 Å². The molecule has 3 N–H and O–H groups in total. The van der Waals surface area contributed by atoms with Crippen LogP contribution in [0.5, 0.6) is 0 Å². The summed E-state index contributed by atoms with van der Waals surface area (Å²) >= 11 is 0. The molecule has 21 heavy (non-hydrogen) atoms. The van der Waals surface area contributed by atoms with E-state index < -0.39 is 6.19 Å². The molecule has 2 radical (unpaired) electrons. The van der Waals surface area contributed by atoms with E-state index >= 15 is 0 Å². The minimum atomic E-state index is -1.28. The fraction of sp³-hybridized carbons (Fsp3) is 1.00. The fourth-order valence-corrected chi connectivity index (χ4v) is 3.54. The second-order valence-corrected chi connectivity index (χ2v) is 6.44. The lowest BCUT2D eigenvalue weighted by molar-refractivity contribution is 0.0284. The van der Waals surface area contributed by atoms with Crippen molar-refractivity contribution in [2.24, 2.45) is 5.41 Å². The van der Waals surface area contributed by atoms with Crippen LogP contribution in [0, 0.1) is 5.41 Å². The van der Waals surface area contributed by atoms with Crippen molar-refractivity contribution in [1.29, 1.82) is 0 Å². The van der Waals surface area contributed by atoms with Crippen LogP contribution in [0.15, 0.2) is 0 Å². The third kappa shape index (κ3) is 7.68. The van der Waals surface area contributed by atoms with Crippen molar-refractivity contribution in [3.8, 4) is 0 Å². The first-order chi connectivity index (χ1) is 10.1. The van der Waals surface area contributed by atoms with Gasteiger partial charge in [0.2, 0.25) is 0 Å². The molecule has 0 saturated carbocycles. The molecule has 0 aromatic carbocycles. The van der Waals surface area contributed by atoms with Crippen molar-refractivity contribution in [2.75, 3.05) is 19.5 Å². The van der Waals surface area contributed by atoms with E-state index in [1.165, 1.54) is 39.6 Å². The van der Waals surface area contributed by atoms with Crippen LogP contribution in [-0.4, -0.2) is 60.6 Å². The summed E-state index contributed by atoms with van der Waals surface area (Å²) in [4.78, 5) is 2.33. The molecule has 120 valence electrons. The van der Waals surface area contributed by atoms with E-state index in [0.29, 0.717) is 11.9 Å². The highest BCUT2D eigenvalue weighted by molar-refractivity contribution is 6.36. The van der Waals surface area contributed by atoms with Crippen LogP contribution in [0.2, 0.25) is 6.32 Å². The Balaban J connectivity index is 2.51. The van der Waals surface area contributed by atoms with Crippen LogP contribution in [0.1, 0.15) is 58.3 Å². The molecule has 0 spiro atoms. The zero-order valence-corrected chi connectivity index (χ0v) is 13.5. The number of hydrogen-bond acceptors (Lipinski definition) is 4. The third-order valence-corrected chi connectivity index (χ3v) is 5.00. The molecule has 1 heterocycles. The normalized spacial score (nSPS) is 25.8. The Hall–Kier alpha value is -0.0301. The van der Waals surface area contributed by atoms with Gasteiger partial charge in [-0.05, 0) is 50.6 Å². The first-order valence-corrected chi connectivity index (χ1v) is 8.49. The minimum Gasteiger partial charge on any atom is -0.453 e. The smallest absolute Gasteiger partial charge is 0.302 e. The van der Waals surface area contributed by atoms with Gasteiger partial charge in [0.1, 0.15) is 6.19 Å². The predicted octanol–water partition coefficient (Wildman–Crippen LogP) is 1.39. The van der Waals surface area contributed by atoms with Crippen molar-refractivity contribution in [3.05, 3.63) is 0 Å². The molecule has 1 saturated heterocycles. The van der Waals surface area contributed by atoms with E-state index in [1.807, 2.05) is 0 Å². The number of aliphatic hydroxyl groups excluding tert-OH is 1. The van der Waals surface area contributed by atoms with E-state index in [4.69, 9.17) is 15.2 Å². The number of nitrogens with zero attached hydrogens (tertiary/aromatic N) is 1. The van der Waals surface area contributed by atoms with Crippen LogP contribution in [0.3, 0.4) is 0 Å². The van der Waals surface area contributed by atoms with Crippen LogP contribution >= 0.6 is 0 Å². The van der Waals surface area contributed by atoms with E-state index in [1.54, 1.807) is 7.28 Å². The summed E-state index contributed by atoms with van der Waals surface area (Å²) in [6, 6.07) is 0. The molecule has 4 nitrogen and oxygen atoms in total. The van der Waals surface area contributed by atoms with E-state index in [2.05, 4.69) is 11.8 Å². The first kappa shape index (κ1) is 19.0. The third-order valence-electron chi connectivity index (χ3n) is 5.00. The molecular formula is C15H31B2NO3. The molecule has 1 aliphatic heterocycles. The van der Waals surface area contributed by atoms with E-state index in [-0.39, 0.29) is 0 Å². The molecule has 1 atom stereocenters. The summed E-state index contributed by atoms with van der Waals surface area (Å²) in [5.74, 6) is 0.